The third-order valence-corrected chi connectivity index (χ3v) is 5.79. The topological polar surface area (TPSA) is 50.2 Å². The van der Waals surface area contributed by atoms with Crippen molar-refractivity contribution >= 4 is 22.9 Å². The van der Waals surface area contributed by atoms with E-state index in [0.29, 0.717) is 0 Å². The van der Waals surface area contributed by atoms with E-state index in [0.717, 1.165) is 62.4 Å². The predicted molar refractivity (Wildman–Crippen MR) is 118 cm³/mol. The average Bonchev–Trinajstić information content (AvgIpc) is 3.12. The molecular formula is C24H30N4O. The first-order valence-corrected chi connectivity index (χ1v) is 10.7. The number of carbonyl (C=O) groups excluding carboxylic acids is 1. The van der Waals surface area contributed by atoms with Gasteiger partial charge >= 0.3 is 0 Å². The zero-order valence-corrected chi connectivity index (χ0v) is 17.4. The Morgan fingerprint density at radius 3 is 2.55 bits per heavy atom. The fraction of sp³-hybridized carbons (Fsp3) is 0.417. The van der Waals surface area contributed by atoms with Gasteiger partial charge in [0.15, 0.2) is 0 Å². The molecule has 0 unspecified atom stereocenters. The molecule has 0 radical (unpaired) electrons. The normalized spacial score (nSPS) is 15.0. The zero-order chi connectivity index (χ0) is 20.2. The number of benzene rings is 2. The van der Waals surface area contributed by atoms with Crippen LogP contribution in [0.3, 0.4) is 0 Å². The molecule has 4 rings (SSSR count). The molecule has 3 aromatic rings. The van der Waals surface area contributed by atoms with Crippen molar-refractivity contribution in [1.29, 1.82) is 0 Å². The number of para-hydroxylation sites is 2. The van der Waals surface area contributed by atoms with Gasteiger partial charge in [-0.3, -0.25) is 4.79 Å². The molecule has 5 heteroatoms. The molecule has 2 heterocycles. The summed E-state index contributed by atoms with van der Waals surface area (Å²) in [5, 5.41) is 3.05. The van der Waals surface area contributed by atoms with Crippen LogP contribution in [0, 0.1) is 12.8 Å². The molecule has 1 amide bonds. The predicted octanol–water partition coefficient (Wildman–Crippen LogP) is 4.14. The number of aromatic nitrogens is 2. The first-order valence-electron chi connectivity index (χ1n) is 10.7. The average molecular weight is 391 g/mol. The standard InChI is InChI=1S/C24H30N4O/c1-3-14-25-23(29)20-12-15-27(16-13-20)24-26-21-6-4-5-7-22(21)28(24)17-19-10-8-18(2)9-11-19/h4-11,20H,3,12-17H2,1-2H3,(H,25,29). The monoisotopic (exact) mass is 390 g/mol. The van der Waals surface area contributed by atoms with Crippen molar-refractivity contribution in [2.75, 3.05) is 24.5 Å². The second-order valence-corrected chi connectivity index (χ2v) is 8.02. The Balaban J connectivity index is 1.56. The van der Waals surface area contributed by atoms with E-state index in [1.54, 1.807) is 0 Å². The largest absolute Gasteiger partial charge is 0.356 e. The van der Waals surface area contributed by atoms with Crippen LogP contribution in [0.15, 0.2) is 48.5 Å². The minimum absolute atomic E-state index is 0.118. The van der Waals surface area contributed by atoms with E-state index in [-0.39, 0.29) is 11.8 Å². The van der Waals surface area contributed by atoms with E-state index in [1.807, 2.05) is 6.07 Å². The van der Waals surface area contributed by atoms with Crippen LogP contribution in [-0.2, 0) is 11.3 Å². The maximum absolute atomic E-state index is 12.3. The molecule has 0 bridgehead atoms. The number of imidazole rings is 1. The van der Waals surface area contributed by atoms with Gasteiger partial charge in [-0.05, 0) is 43.9 Å². The molecule has 1 aliphatic rings. The summed E-state index contributed by atoms with van der Waals surface area (Å²) in [6, 6.07) is 17.0. The van der Waals surface area contributed by atoms with Gasteiger partial charge in [-0.2, -0.15) is 0 Å². The van der Waals surface area contributed by atoms with Gasteiger partial charge in [0.1, 0.15) is 0 Å². The van der Waals surface area contributed by atoms with Crippen LogP contribution in [-0.4, -0.2) is 35.1 Å². The molecule has 1 aliphatic heterocycles. The highest BCUT2D eigenvalue weighted by atomic mass is 16.1. The Hall–Kier alpha value is -2.82. The molecule has 0 aliphatic carbocycles. The van der Waals surface area contributed by atoms with E-state index in [2.05, 4.69) is 71.1 Å². The Morgan fingerprint density at radius 2 is 1.83 bits per heavy atom. The summed E-state index contributed by atoms with van der Waals surface area (Å²) in [6.45, 7) is 7.49. The Morgan fingerprint density at radius 1 is 1.10 bits per heavy atom. The summed E-state index contributed by atoms with van der Waals surface area (Å²) in [5.74, 6) is 1.34. The van der Waals surface area contributed by atoms with Crippen LogP contribution < -0.4 is 10.2 Å². The third-order valence-electron chi connectivity index (χ3n) is 5.79. The van der Waals surface area contributed by atoms with E-state index in [1.165, 1.54) is 11.1 Å². The molecule has 0 saturated carbocycles. The highest BCUT2D eigenvalue weighted by Crippen LogP contribution is 2.28. The number of rotatable bonds is 6. The second kappa shape index (κ2) is 8.68. The fourth-order valence-corrected chi connectivity index (χ4v) is 4.07. The number of piperidine rings is 1. The Labute approximate surface area is 172 Å². The number of fused-ring (bicyclic) bond motifs is 1. The van der Waals surface area contributed by atoms with Gasteiger partial charge in [0, 0.05) is 25.6 Å². The SMILES string of the molecule is CCCNC(=O)C1CCN(c2nc3ccccc3n2Cc2ccc(C)cc2)CC1. The van der Waals surface area contributed by atoms with E-state index < -0.39 is 0 Å². The van der Waals surface area contributed by atoms with Gasteiger partial charge < -0.3 is 14.8 Å². The molecule has 0 atom stereocenters. The maximum atomic E-state index is 12.3. The number of hydrogen-bond acceptors (Lipinski definition) is 3. The molecule has 152 valence electrons. The molecule has 5 nitrogen and oxygen atoms in total. The lowest BCUT2D eigenvalue weighted by atomic mass is 9.96. The van der Waals surface area contributed by atoms with Crippen LogP contribution in [0.25, 0.3) is 11.0 Å². The lowest BCUT2D eigenvalue weighted by Gasteiger charge is -2.32. The zero-order valence-electron chi connectivity index (χ0n) is 17.4. The van der Waals surface area contributed by atoms with Crippen LogP contribution in [0.2, 0.25) is 0 Å². The van der Waals surface area contributed by atoms with E-state index >= 15 is 0 Å². The maximum Gasteiger partial charge on any atom is 0.223 e. The molecular weight excluding hydrogens is 360 g/mol. The number of anilines is 1. The van der Waals surface area contributed by atoms with Gasteiger partial charge in [-0.15, -0.1) is 0 Å². The van der Waals surface area contributed by atoms with Crippen LogP contribution in [0.1, 0.15) is 37.3 Å². The van der Waals surface area contributed by atoms with Gasteiger partial charge in [-0.1, -0.05) is 48.9 Å². The smallest absolute Gasteiger partial charge is 0.223 e. The summed E-state index contributed by atoms with van der Waals surface area (Å²) in [5.41, 5.74) is 4.73. The van der Waals surface area contributed by atoms with Crippen molar-refractivity contribution in [1.82, 2.24) is 14.9 Å². The van der Waals surface area contributed by atoms with Crippen molar-refractivity contribution in [3.05, 3.63) is 59.7 Å². The van der Waals surface area contributed by atoms with Gasteiger partial charge in [0.2, 0.25) is 11.9 Å². The second-order valence-electron chi connectivity index (χ2n) is 8.02. The van der Waals surface area contributed by atoms with Gasteiger partial charge in [0.25, 0.3) is 0 Å². The van der Waals surface area contributed by atoms with Gasteiger partial charge in [-0.25, -0.2) is 4.98 Å². The number of amides is 1. The van der Waals surface area contributed by atoms with Crippen LogP contribution >= 0.6 is 0 Å². The lowest BCUT2D eigenvalue weighted by molar-refractivity contribution is -0.125. The minimum Gasteiger partial charge on any atom is -0.356 e. The summed E-state index contributed by atoms with van der Waals surface area (Å²) in [6.07, 6.45) is 2.74. The number of nitrogens with one attached hydrogen (secondary N) is 1. The highest BCUT2D eigenvalue weighted by Gasteiger charge is 2.27. The lowest BCUT2D eigenvalue weighted by Crippen LogP contribution is -2.41. The van der Waals surface area contributed by atoms with Crippen molar-refractivity contribution in [2.45, 2.75) is 39.7 Å². The number of aryl methyl sites for hydroxylation is 1. The molecule has 1 saturated heterocycles. The molecule has 1 N–H and O–H groups in total. The summed E-state index contributed by atoms with van der Waals surface area (Å²) < 4.78 is 2.32. The van der Waals surface area contributed by atoms with Crippen molar-refractivity contribution in [3.63, 3.8) is 0 Å². The van der Waals surface area contributed by atoms with Crippen molar-refractivity contribution in [2.24, 2.45) is 5.92 Å². The quantitative estimate of drug-likeness (QED) is 0.688. The number of nitrogens with zero attached hydrogens (tertiary/aromatic N) is 3. The van der Waals surface area contributed by atoms with E-state index in [9.17, 15) is 4.79 Å². The molecule has 1 fully saturated rings. The Kier molecular flexibility index (Phi) is 5.84. The number of carbonyl (C=O) groups is 1. The van der Waals surface area contributed by atoms with Gasteiger partial charge in [0.05, 0.1) is 17.6 Å². The minimum atomic E-state index is 0.118. The summed E-state index contributed by atoms with van der Waals surface area (Å²) in [4.78, 5) is 19.6. The van der Waals surface area contributed by atoms with Crippen LogP contribution in [0.4, 0.5) is 5.95 Å². The molecule has 1 aromatic heterocycles. The van der Waals surface area contributed by atoms with Crippen molar-refractivity contribution in [3.8, 4) is 0 Å². The summed E-state index contributed by atoms with van der Waals surface area (Å²) >= 11 is 0. The summed E-state index contributed by atoms with van der Waals surface area (Å²) in [7, 11) is 0. The molecule has 29 heavy (non-hydrogen) atoms. The van der Waals surface area contributed by atoms with Crippen LogP contribution in [0.5, 0.6) is 0 Å². The first kappa shape index (κ1) is 19.5. The molecule has 0 spiro atoms. The highest BCUT2D eigenvalue weighted by molar-refractivity contribution is 5.80. The fourth-order valence-electron chi connectivity index (χ4n) is 4.07. The molecule has 2 aromatic carbocycles. The van der Waals surface area contributed by atoms with Crippen molar-refractivity contribution < 1.29 is 4.79 Å². The first-order chi connectivity index (χ1) is 14.2. The third kappa shape index (κ3) is 4.29. The number of hydrogen-bond donors (Lipinski definition) is 1. The van der Waals surface area contributed by atoms with E-state index in [4.69, 9.17) is 4.98 Å². The Bertz CT molecular complexity index is 968.